The Morgan fingerprint density at radius 3 is 2.69 bits per heavy atom. The lowest BCUT2D eigenvalue weighted by Crippen LogP contribution is -2.29. The van der Waals surface area contributed by atoms with Gasteiger partial charge < -0.3 is 14.3 Å². The molecule has 0 fully saturated rings. The molecule has 4 aromatic rings. The normalized spacial score (nSPS) is 15.1. The molecule has 1 N–H and O–H groups in total. The lowest BCUT2D eigenvalue weighted by Gasteiger charge is -2.23. The zero-order valence-corrected chi connectivity index (χ0v) is 20.9. The average Bonchev–Trinajstić information content (AvgIpc) is 3.34. The van der Waals surface area contributed by atoms with Crippen LogP contribution in [0.1, 0.15) is 50.0 Å². The van der Waals surface area contributed by atoms with Crippen LogP contribution in [-0.4, -0.2) is 28.9 Å². The van der Waals surface area contributed by atoms with E-state index >= 15 is 0 Å². The number of Topliss-reactive ketones (excluding diaryl/α,β-unsaturated/α-hetero) is 1. The van der Waals surface area contributed by atoms with Crippen LogP contribution in [0.15, 0.2) is 44.0 Å². The minimum absolute atomic E-state index is 0.00929. The summed E-state index contributed by atoms with van der Waals surface area (Å²) in [7, 11) is 1.37. The number of ether oxygens (including phenoxy) is 1. The van der Waals surface area contributed by atoms with Gasteiger partial charge in [0.15, 0.2) is 27.8 Å². The summed E-state index contributed by atoms with van der Waals surface area (Å²) in [6, 6.07) is 5.47. The van der Waals surface area contributed by atoms with Gasteiger partial charge in [0.2, 0.25) is 5.76 Å². The molecule has 35 heavy (non-hydrogen) atoms. The first-order chi connectivity index (χ1) is 16.6. The third-order valence-corrected chi connectivity index (χ3v) is 7.59. The maximum Gasteiger partial charge on any atom is 0.297 e. The van der Waals surface area contributed by atoms with E-state index in [9.17, 15) is 23.9 Å². The largest absolute Gasteiger partial charge is 0.503 e. The Hall–Kier alpha value is -3.57. The Morgan fingerprint density at radius 1 is 1.29 bits per heavy atom. The van der Waals surface area contributed by atoms with E-state index in [-0.39, 0.29) is 49.2 Å². The SMILES string of the molecule is COc1cc(C2c3c(oc4ccc(F)cc4c3=O)C(=O)N2c2nc(C)c(C(C)=O)s2)cc(Br)c1O. The van der Waals surface area contributed by atoms with E-state index in [1.165, 1.54) is 31.1 Å². The first-order valence-electron chi connectivity index (χ1n) is 10.3. The molecule has 1 aliphatic rings. The van der Waals surface area contributed by atoms with Gasteiger partial charge in [0.05, 0.1) is 39.1 Å². The molecule has 2 aromatic heterocycles. The molecule has 178 valence electrons. The van der Waals surface area contributed by atoms with Gasteiger partial charge in [-0.1, -0.05) is 11.3 Å². The van der Waals surface area contributed by atoms with Gasteiger partial charge in [0, 0.05) is 6.92 Å². The van der Waals surface area contributed by atoms with Crippen LogP contribution in [0.4, 0.5) is 9.52 Å². The van der Waals surface area contributed by atoms with Crippen molar-refractivity contribution in [1.82, 2.24) is 4.98 Å². The molecule has 0 radical (unpaired) electrons. The number of amides is 1. The molecule has 0 spiro atoms. The maximum atomic E-state index is 14.0. The van der Waals surface area contributed by atoms with Gasteiger partial charge in [-0.3, -0.25) is 19.3 Å². The zero-order chi connectivity index (χ0) is 25.2. The second-order valence-corrected chi connectivity index (χ2v) is 9.74. The molecule has 2 aromatic carbocycles. The highest BCUT2D eigenvalue weighted by Crippen LogP contribution is 2.46. The van der Waals surface area contributed by atoms with Gasteiger partial charge >= 0.3 is 0 Å². The van der Waals surface area contributed by atoms with Crippen molar-refractivity contribution in [3.63, 3.8) is 0 Å². The van der Waals surface area contributed by atoms with Crippen LogP contribution in [0.3, 0.4) is 0 Å². The van der Waals surface area contributed by atoms with E-state index in [0.29, 0.717) is 16.1 Å². The molecule has 3 heterocycles. The number of halogens is 2. The lowest BCUT2D eigenvalue weighted by atomic mass is 9.98. The number of methoxy groups -OCH3 is 1. The number of phenols is 1. The number of aromatic hydroxyl groups is 1. The summed E-state index contributed by atoms with van der Waals surface area (Å²) in [6.45, 7) is 3.05. The van der Waals surface area contributed by atoms with E-state index in [1.54, 1.807) is 13.0 Å². The molecular weight excluding hydrogens is 543 g/mol. The number of anilines is 1. The van der Waals surface area contributed by atoms with Crippen LogP contribution in [0, 0.1) is 12.7 Å². The number of carbonyl (C=O) groups excluding carboxylic acids is 2. The number of aromatic nitrogens is 1. The standard InChI is InChI=1S/C24H16BrFN2O6S/c1-9-22(10(2)29)35-24(27-9)28-18(11-6-14(25)20(31)16(7-11)33-3)17-19(30)13-8-12(26)4-5-15(13)34-21(17)23(28)32/h4-8,18,31H,1-3H3. The molecule has 0 aliphatic carbocycles. The minimum atomic E-state index is -1.04. The van der Waals surface area contributed by atoms with Crippen molar-refractivity contribution in [3.8, 4) is 11.5 Å². The molecule has 11 heteroatoms. The monoisotopic (exact) mass is 558 g/mol. The molecule has 8 nitrogen and oxygen atoms in total. The highest BCUT2D eigenvalue weighted by atomic mass is 79.9. The van der Waals surface area contributed by atoms with Crippen molar-refractivity contribution >= 4 is 55.1 Å². The fourth-order valence-corrected chi connectivity index (χ4v) is 5.63. The van der Waals surface area contributed by atoms with Crippen molar-refractivity contribution in [2.45, 2.75) is 19.9 Å². The fraction of sp³-hybridized carbons (Fsp3) is 0.167. The highest BCUT2D eigenvalue weighted by Gasteiger charge is 2.45. The van der Waals surface area contributed by atoms with Crippen molar-refractivity contribution in [2.75, 3.05) is 12.0 Å². The van der Waals surface area contributed by atoms with E-state index in [0.717, 1.165) is 23.5 Å². The summed E-state index contributed by atoms with van der Waals surface area (Å²) in [5.41, 5.74) is 0.318. The summed E-state index contributed by atoms with van der Waals surface area (Å²) in [4.78, 5) is 45.4. The molecule has 1 atom stereocenters. The first-order valence-corrected chi connectivity index (χ1v) is 11.9. The predicted octanol–water partition coefficient (Wildman–Crippen LogP) is 5.13. The minimum Gasteiger partial charge on any atom is -0.503 e. The van der Waals surface area contributed by atoms with Crippen molar-refractivity contribution < 1.29 is 28.2 Å². The lowest BCUT2D eigenvalue weighted by molar-refractivity contribution is 0.0969. The Balaban J connectivity index is 1.84. The van der Waals surface area contributed by atoms with E-state index < -0.39 is 23.2 Å². The summed E-state index contributed by atoms with van der Waals surface area (Å²) in [5, 5.41) is 10.5. The van der Waals surface area contributed by atoms with Gasteiger partial charge in [0.1, 0.15) is 11.4 Å². The second kappa shape index (κ2) is 8.28. The number of ketones is 1. The number of thiazole rings is 1. The number of fused-ring (bicyclic) bond motifs is 2. The van der Waals surface area contributed by atoms with Crippen LogP contribution < -0.4 is 15.1 Å². The van der Waals surface area contributed by atoms with Gasteiger partial charge in [-0.2, -0.15) is 0 Å². The summed E-state index contributed by atoms with van der Waals surface area (Å²) in [6.07, 6.45) is 0. The van der Waals surface area contributed by atoms with Crippen LogP contribution in [0.5, 0.6) is 11.5 Å². The van der Waals surface area contributed by atoms with Crippen LogP contribution in [-0.2, 0) is 0 Å². The van der Waals surface area contributed by atoms with E-state index in [4.69, 9.17) is 9.15 Å². The zero-order valence-electron chi connectivity index (χ0n) is 18.5. The quantitative estimate of drug-likeness (QED) is 0.346. The second-order valence-electron chi connectivity index (χ2n) is 7.91. The average molecular weight is 559 g/mol. The van der Waals surface area contributed by atoms with E-state index in [1.807, 2.05) is 0 Å². The van der Waals surface area contributed by atoms with Gasteiger partial charge in [-0.25, -0.2) is 9.37 Å². The molecule has 1 amide bonds. The Morgan fingerprint density at radius 2 is 2.03 bits per heavy atom. The molecule has 0 saturated heterocycles. The van der Waals surface area contributed by atoms with Crippen LogP contribution in [0.2, 0.25) is 0 Å². The summed E-state index contributed by atoms with van der Waals surface area (Å²) in [5.74, 6) is -1.75. The molecule has 5 rings (SSSR count). The third kappa shape index (κ3) is 3.53. The number of hydrogen-bond acceptors (Lipinski definition) is 8. The number of carbonyl (C=O) groups is 2. The van der Waals surface area contributed by atoms with Crippen molar-refractivity contribution in [2.24, 2.45) is 0 Å². The third-order valence-electron chi connectivity index (χ3n) is 5.73. The Kier molecular flexibility index (Phi) is 5.48. The maximum absolute atomic E-state index is 14.0. The van der Waals surface area contributed by atoms with Crippen LogP contribution in [0.25, 0.3) is 11.0 Å². The molecule has 1 aliphatic heterocycles. The van der Waals surface area contributed by atoms with Gasteiger partial charge in [0.25, 0.3) is 5.91 Å². The summed E-state index contributed by atoms with van der Waals surface area (Å²) < 4.78 is 25.3. The number of rotatable bonds is 4. The number of benzene rings is 2. The van der Waals surface area contributed by atoms with Gasteiger partial charge in [-0.15, -0.1) is 0 Å². The number of nitrogens with zero attached hydrogens (tertiary/aromatic N) is 2. The Labute approximate surface area is 209 Å². The molecule has 0 saturated carbocycles. The number of hydrogen-bond donors (Lipinski definition) is 1. The first kappa shape index (κ1) is 23.2. The van der Waals surface area contributed by atoms with Crippen molar-refractivity contribution in [1.29, 1.82) is 0 Å². The van der Waals surface area contributed by atoms with Gasteiger partial charge in [-0.05, 0) is 58.7 Å². The van der Waals surface area contributed by atoms with E-state index in [2.05, 4.69) is 20.9 Å². The fourth-order valence-electron chi connectivity index (χ4n) is 4.18. The number of aryl methyl sites for hydroxylation is 1. The molecule has 1 unspecified atom stereocenters. The molecule has 0 bridgehead atoms. The highest BCUT2D eigenvalue weighted by molar-refractivity contribution is 9.10. The van der Waals surface area contributed by atoms with Crippen molar-refractivity contribution in [3.05, 3.63) is 78.3 Å². The number of phenolic OH excluding ortho intramolecular Hbond substituents is 1. The molecular formula is C24H16BrFN2O6S. The topological polar surface area (TPSA) is 110 Å². The Bertz CT molecular complexity index is 1630. The predicted molar refractivity (Wildman–Crippen MR) is 130 cm³/mol. The van der Waals surface area contributed by atoms with Crippen LogP contribution >= 0.6 is 27.3 Å². The smallest absolute Gasteiger partial charge is 0.297 e. The summed E-state index contributed by atoms with van der Waals surface area (Å²) >= 11 is 4.29.